The van der Waals surface area contributed by atoms with Crippen LogP contribution in [0.4, 0.5) is 5.69 Å². The Hall–Kier alpha value is -2.54. The first kappa shape index (κ1) is 21.7. The predicted octanol–water partition coefficient (Wildman–Crippen LogP) is 4.84. The normalized spacial score (nSPS) is 18.6. The number of nitrogens with zero attached hydrogens (tertiary/aromatic N) is 3. The molecule has 0 bridgehead atoms. The number of rotatable bonds is 4. The van der Waals surface area contributed by atoms with Gasteiger partial charge in [0.15, 0.2) is 0 Å². The Balaban J connectivity index is 1.86. The zero-order chi connectivity index (χ0) is 22.0. The fraction of sp³-hybridized carbons (Fsp3) is 0.522. The summed E-state index contributed by atoms with van der Waals surface area (Å²) in [7, 11) is 0. The maximum absolute atomic E-state index is 13.4. The molecule has 1 aromatic heterocycles. The molecule has 0 amide bonds. The third-order valence-corrected chi connectivity index (χ3v) is 6.72. The van der Waals surface area contributed by atoms with Gasteiger partial charge in [-0.15, -0.1) is 0 Å². The Kier molecular flexibility index (Phi) is 6.51. The summed E-state index contributed by atoms with van der Waals surface area (Å²) in [6, 6.07) is 4.12. The number of aromatic hydroxyl groups is 2. The van der Waals surface area contributed by atoms with Crippen LogP contribution in [-0.2, 0) is 0 Å². The van der Waals surface area contributed by atoms with Gasteiger partial charge in [0.25, 0.3) is 5.56 Å². The molecule has 2 aromatic rings. The van der Waals surface area contributed by atoms with Crippen molar-refractivity contribution in [2.45, 2.75) is 76.3 Å². The van der Waals surface area contributed by atoms with Gasteiger partial charge in [0.05, 0.1) is 0 Å². The second-order valence-electron chi connectivity index (χ2n) is 8.54. The van der Waals surface area contributed by atoms with Gasteiger partial charge >= 0.3 is 5.69 Å². The average molecular weight is 446 g/mol. The molecule has 166 valence electrons. The summed E-state index contributed by atoms with van der Waals surface area (Å²) in [5, 5.41) is 21.4. The summed E-state index contributed by atoms with van der Waals surface area (Å²) >= 11 is 5.99. The van der Waals surface area contributed by atoms with E-state index < -0.39 is 11.2 Å². The van der Waals surface area contributed by atoms with Crippen LogP contribution in [0, 0.1) is 0 Å². The van der Waals surface area contributed by atoms with Crippen molar-refractivity contribution in [1.82, 2.24) is 9.13 Å². The summed E-state index contributed by atoms with van der Waals surface area (Å²) in [6.45, 7) is 0. The number of hydrogen-bond acceptors (Lipinski definition) is 5. The van der Waals surface area contributed by atoms with Crippen molar-refractivity contribution in [3.63, 3.8) is 0 Å². The largest absolute Gasteiger partial charge is 0.506 e. The number of benzene rings is 1. The first-order valence-electron chi connectivity index (χ1n) is 11.1. The number of aliphatic imine (C=N–C) groups is 1. The molecular weight excluding hydrogens is 418 g/mol. The van der Waals surface area contributed by atoms with Crippen LogP contribution >= 0.6 is 11.6 Å². The molecule has 2 aliphatic rings. The van der Waals surface area contributed by atoms with Crippen molar-refractivity contribution >= 4 is 23.5 Å². The molecule has 2 saturated carbocycles. The Labute approximate surface area is 185 Å². The zero-order valence-corrected chi connectivity index (χ0v) is 18.2. The molecule has 0 radical (unpaired) electrons. The maximum Gasteiger partial charge on any atom is 0.334 e. The predicted molar refractivity (Wildman–Crippen MR) is 121 cm³/mol. The first-order valence-corrected chi connectivity index (χ1v) is 11.5. The van der Waals surface area contributed by atoms with Crippen LogP contribution < -0.4 is 11.2 Å². The molecule has 2 fully saturated rings. The minimum absolute atomic E-state index is 0.0323. The molecule has 7 nitrogen and oxygen atoms in total. The second-order valence-corrected chi connectivity index (χ2v) is 8.98. The van der Waals surface area contributed by atoms with Crippen molar-refractivity contribution in [1.29, 1.82) is 0 Å². The quantitative estimate of drug-likeness (QED) is 0.658. The van der Waals surface area contributed by atoms with E-state index >= 15 is 0 Å². The van der Waals surface area contributed by atoms with Crippen LogP contribution in [-0.4, -0.2) is 25.6 Å². The highest BCUT2D eigenvalue weighted by molar-refractivity contribution is 6.30. The number of hydrogen-bond donors (Lipinski definition) is 2. The Morgan fingerprint density at radius 3 is 2.10 bits per heavy atom. The van der Waals surface area contributed by atoms with Gasteiger partial charge < -0.3 is 10.2 Å². The molecule has 4 rings (SSSR count). The molecular formula is C23H28ClN3O4. The standard InChI is InChI=1S/C23H28ClN3O4/c24-15-11-12-20(28)19(13-15)25-14-18-21(29)26(16-7-3-1-4-8-16)23(31)27(22(18)30)17-9-5-2-6-10-17/h11-14,16-17,28-29H,1-10H2. The van der Waals surface area contributed by atoms with Crippen molar-refractivity contribution in [2.75, 3.05) is 0 Å². The smallest absolute Gasteiger partial charge is 0.334 e. The van der Waals surface area contributed by atoms with Crippen molar-refractivity contribution in [3.05, 3.63) is 49.6 Å². The molecule has 31 heavy (non-hydrogen) atoms. The van der Waals surface area contributed by atoms with Gasteiger partial charge in [-0.25, -0.2) is 4.79 Å². The van der Waals surface area contributed by atoms with Gasteiger partial charge in [0, 0.05) is 23.3 Å². The molecule has 2 N–H and O–H groups in total. The van der Waals surface area contributed by atoms with Gasteiger partial charge in [0.2, 0.25) is 5.88 Å². The highest BCUT2D eigenvalue weighted by Crippen LogP contribution is 2.33. The van der Waals surface area contributed by atoms with Gasteiger partial charge in [-0.05, 0) is 43.9 Å². The van der Waals surface area contributed by atoms with Crippen LogP contribution in [0.15, 0.2) is 32.8 Å². The molecule has 1 aromatic carbocycles. The van der Waals surface area contributed by atoms with Crippen molar-refractivity contribution < 1.29 is 10.2 Å². The first-order chi connectivity index (χ1) is 15.0. The summed E-state index contributed by atoms with van der Waals surface area (Å²) in [6.07, 6.45) is 10.5. The number of phenols is 1. The molecule has 0 atom stereocenters. The Morgan fingerprint density at radius 2 is 1.48 bits per heavy atom. The number of phenolic OH excluding ortho intramolecular Hbond substituents is 1. The van der Waals surface area contributed by atoms with Crippen LogP contribution in [0.5, 0.6) is 11.6 Å². The van der Waals surface area contributed by atoms with E-state index in [1.54, 1.807) is 0 Å². The molecule has 1 heterocycles. The van der Waals surface area contributed by atoms with Gasteiger partial charge in [-0.1, -0.05) is 50.1 Å². The lowest BCUT2D eigenvalue weighted by Gasteiger charge is -2.29. The molecule has 2 aliphatic carbocycles. The van der Waals surface area contributed by atoms with Crippen LogP contribution in [0.3, 0.4) is 0 Å². The number of aromatic nitrogens is 2. The van der Waals surface area contributed by atoms with Crippen molar-refractivity contribution in [2.24, 2.45) is 4.99 Å². The van der Waals surface area contributed by atoms with Crippen LogP contribution in [0.2, 0.25) is 5.02 Å². The molecule has 0 unspecified atom stereocenters. The Morgan fingerprint density at radius 1 is 0.903 bits per heavy atom. The summed E-state index contributed by atoms with van der Waals surface area (Å²) in [5.41, 5.74) is -0.808. The lowest BCUT2D eigenvalue weighted by molar-refractivity contribution is 0.271. The van der Waals surface area contributed by atoms with Crippen LogP contribution in [0.1, 0.15) is 81.9 Å². The fourth-order valence-corrected chi connectivity index (χ4v) is 4.99. The van der Waals surface area contributed by atoms with E-state index in [-0.39, 0.29) is 35.0 Å². The fourth-order valence-electron chi connectivity index (χ4n) is 4.83. The monoisotopic (exact) mass is 445 g/mol. The third-order valence-electron chi connectivity index (χ3n) is 6.48. The molecule has 0 saturated heterocycles. The maximum atomic E-state index is 13.4. The summed E-state index contributed by atoms with van der Waals surface area (Å²) < 4.78 is 2.72. The van der Waals surface area contributed by atoms with Gasteiger partial charge in [-0.2, -0.15) is 0 Å². The van der Waals surface area contributed by atoms with Gasteiger partial charge in [-0.3, -0.25) is 18.9 Å². The molecule has 0 spiro atoms. The topological polar surface area (TPSA) is 96.8 Å². The lowest BCUT2D eigenvalue weighted by atomic mass is 9.94. The third kappa shape index (κ3) is 4.42. The second kappa shape index (κ2) is 9.30. The number of halogens is 1. The molecule has 0 aliphatic heterocycles. The van der Waals surface area contributed by atoms with E-state index in [1.807, 2.05) is 0 Å². The van der Waals surface area contributed by atoms with Crippen molar-refractivity contribution in [3.8, 4) is 11.6 Å². The summed E-state index contributed by atoms with van der Waals surface area (Å²) in [5.74, 6) is -0.437. The van der Waals surface area contributed by atoms with E-state index in [0.29, 0.717) is 5.02 Å². The van der Waals surface area contributed by atoms with Crippen LogP contribution in [0.25, 0.3) is 0 Å². The lowest BCUT2D eigenvalue weighted by Crippen LogP contribution is -2.45. The average Bonchev–Trinajstić information content (AvgIpc) is 2.77. The van der Waals surface area contributed by atoms with E-state index in [2.05, 4.69) is 4.99 Å². The minimum Gasteiger partial charge on any atom is -0.506 e. The van der Waals surface area contributed by atoms with E-state index in [0.717, 1.165) is 64.2 Å². The van der Waals surface area contributed by atoms with E-state index in [4.69, 9.17) is 11.6 Å². The highest BCUT2D eigenvalue weighted by Gasteiger charge is 2.28. The van der Waals surface area contributed by atoms with E-state index in [1.165, 1.54) is 33.5 Å². The minimum atomic E-state index is -0.535. The molecule has 8 heteroatoms. The van der Waals surface area contributed by atoms with Gasteiger partial charge in [0.1, 0.15) is 17.0 Å². The van der Waals surface area contributed by atoms with E-state index in [9.17, 15) is 19.8 Å². The zero-order valence-electron chi connectivity index (χ0n) is 17.5. The Bertz CT molecular complexity index is 1090. The SMILES string of the molecule is O=c1c(C=Nc2cc(Cl)ccc2O)c(O)n(C2CCCCC2)c(=O)n1C1CCCCC1. The summed E-state index contributed by atoms with van der Waals surface area (Å²) in [4.78, 5) is 30.9. The highest BCUT2D eigenvalue weighted by atomic mass is 35.5.